The van der Waals surface area contributed by atoms with E-state index in [0.29, 0.717) is 6.42 Å². The molecule has 106 valence electrons. The molecule has 1 N–H and O–H groups in total. The normalized spacial score (nSPS) is 10.3. The van der Waals surface area contributed by atoms with E-state index < -0.39 is 0 Å². The quantitative estimate of drug-likeness (QED) is 0.791. The third kappa shape index (κ3) is 4.50. The van der Waals surface area contributed by atoms with E-state index in [9.17, 15) is 4.79 Å². The molecule has 0 unspecified atom stereocenters. The van der Waals surface area contributed by atoms with Crippen molar-refractivity contribution in [2.24, 2.45) is 0 Å². The number of nitrogens with zero attached hydrogens (tertiary/aromatic N) is 2. The zero-order valence-corrected chi connectivity index (χ0v) is 12.9. The summed E-state index contributed by atoms with van der Waals surface area (Å²) < 4.78 is 6.02. The van der Waals surface area contributed by atoms with Gasteiger partial charge in [-0.25, -0.2) is 0 Å². The Bertz CT molecular complexity index is 587. The average molecular weight is 309 g/mol. The average Bonchev–Trinajstić information content (AvgIpc) is 2.86. The van der Waals surface area contributed by atoms with E-state index in [4.69, 9.17) is 4.74 Å². The number of carbonyl (C=O) groups excluding carboxylic acids is 1. The number of nitrogens with one attached hydrogen (secondary N) is 1. The third-order valence-electron chi connectivity index (χ3n) is 2.41. The Morgan fingerprint density at radius 2 is 2.30 bits per heavy atom. The van der Waals surface area contributed by atoms with Gasteiger partial charge in [0.1, 0.15) is 11.5 Å². The van der Waals surface area contributed by atoms with Gasteiger partial charge in [-0.2, -0.15) is 0 Å². The fraction of sp³-hybridized carbons (Fsp3) is 0.308. The van der Waals surface area contributed by atoms with Crippen LogP contribution in [0.15, 0.2) is 28.6 Å². The Morgan fingerprint density at radius 1 is 1.45 bits per heavy atom. The summed E-state index contributed by atoms with van der Waals surface area (Å²) in [5.41, 5.74) is 0.904. The number of methoxy groups -OCH3 is 1. The first-order chi connectivity index (χ1) is 9.67. The molecule has 0 saturated heterocycles. The van der Waals surface area contributed by atoms with Crippen LogP contribution in [0.4, 0.5) is 10.8 Å². The molecular formula is C13H15N3O2S2. The summed E-state index contributed by atoms with van der Waals surface area (Å²) >= 11 is 3.02. The first-order valence-electron chi connectivity index (χ1n) is 6.04. The third-order valence-corrected chi connectivity index (χ3v) is 4.38. The van der Waals surface area contributed by atoms with Crippen LogP contribution in [0.2, 0.25) is 0 Å². The van der Waals surface area contributed by atoms with Gasteiger partial charge in [0.2, 0.25) is 5.13 Å². The predicted molar refractivity (Wildman–Crippen MR) is 82.2 cm³/mol. The van der Waals surface area contributed by atoms with E-state index in [1.54, 1.807) is 25.8 Å². The lowest BCUT2D eigenvalue weighted by molar-refractivity contribution is -0.116. The molecule has 1 aromatic heterocycles. The van der Waals surface area contributed by atoms with Gasteiger partial charge in [-0.15, -0.1) is 10.2 Å². The molecule has 0 atom stereocenters. The molecule has 20 heavy (non-hydrogen) atoms. The fourth-order valence-electron chi connectivity index (χ4n) is 1.42. The Morgan fingerprint density at radius 3 is 3.05 bits per heavy atom. The highest BCUT2D eigenvalue weighted by Crippen LogP contribution is 2.28. The summed E-state index contributed by atoms with van der Waals surface area (Å²) in [5, 5.41) is 12.1. The number of thioether (sulfide) groups is 1. The standard InChI is InChI=1S/C13H15N3O2S2/c1-9(17)6-7-19-13-16-15-12(20-13)14-10-4-3-5-11(8-10)18-2/h3-5,8H,6-7H2,1-2H3,(H,14,15). The molecule has 2 rings (SSSR count). The molecule has 5 nitrogen and oxygen atoms in total. The number of Topliss-reactive ketones (excluding diaryl/α,β-unsaturated/α-hetero) is 1. The van der Waals surface area contributed by atoms with Gasteiger partial charge in [-0.3, -0.25) is 4.79 Å². The van der Waals surface area contributed by atoms with Crippen molar-refractivity contribution in [3.8, 4) is 5.75 Å². The predicted octanol–water partition coefficient (Wildman–Crippen LogP) is 3.36. The summed E-state index contributed by atoms with van der Waals surface area (Å²) in [6, 6.07) is 7.62. The smallest absolute Gasteiger partial charge is 0.210 e. The van der Waals surface area contributed by atoms with Crippen LogP contribution in [-0.2, 0) is 4.79 Å². The lowest BCUT2D eigenvalue weighted by atomic mass is 10.3. The number of anilines is 2. The summed E-state index contributed by atoms with van der Waals surface area (Å²) in [4.78, 5) is 10.9. The van der Waals surface area contributed by atoms with Crippen molar-refractivity contribution < 1.29 is 9.53 Å². The second-order valence-corrected chi connectivity index (χ2v) is 6.35. The minimum absolute atomic E-state index is 0.191. The second-order valence-electron chi connectivity index (χ2n) is 4.03. The van der Waals surface area contributed by atoms with Gasteiger partial charge in [0.05, 0.1) is 7.11 Å². The zero-order chi connectivity index (χ0) is 14.4. The van der Waals surface area contributed by atoms with Crippen molar-refractivity contribution in [3.05, 3.63) is 24.3 Å². The topological polar surface area (TPSA) is 64.1 Å². The fourth-order valence-corrected chi connectivity index (χ4v) is 3.31. The van der Waals surface area contributed by atoms with Crippen LogP contribution >= 0.6 is 23.1 Å². The van der Waals surface area contributed by atoms with Gasteiger partial charge >= 0.3 is 0 Å². The summed E-state index contributed by atoms with van der Waals surface area (Å²) in [7, 11) is 1.63. The molecule has 1 aromatic carbocycles. The van der Waals surface area contributed by atoms with Crippen LogP contribution in [0.5, 0.6) is 5.75 Å². The van der Waals surface area contributed by atoms with E-state index in [2.05, 4.69) is 15.5 Å². The molecule has 0 fully saturated rings. The van der Waals surface area contributed by atoms with Crippen molar-refractivity contribution in [1.29, 1.82) is 0 Å². The Labute approximate surface area is 125 Å². The Kier molecular flexibility index (Phi) is 5.37. The maximum absolute atomic E-state index is 10.9. The first kappa shape index (κ1) is 14.8. The molecule has 2 aromatic rings. The molecule has 0 bridgehead atoms. The maximum Gasteiger partial charge on any atom is 0.210 e. The van der Waals surface area contributed by atoms with E-state index in [1.807, 2.05) is 24.3 Å². The van der Waals surface area contributed by atoms with Crippen molar-refractivity contribution >= 4 is 39.7 Å². The number of hydrogen-bond donors (Lipinski definition) is 1. The van der Waals surface area contributed by atoms with Gasteiger partial charge in [0.15, 0.2) is 4.34 Å². The number of aromatic nitrogens is 2. The van der Waals surface area contributed by atoms with Gasteiger partial charge in [-0.05, 0) is 19.1 Å². The molecule has 0 radical (unpaired) electrons. The second kappa shape index (κ2) is 7.25. The maximum atomic E-state index is 10.9. The van der Waals surface area contributed by atoms with Crippen LogP contribution in [0.1, 0.15) is 13.3 Å². The minimum atomic E-state index is 0.191. The van der Waals surface area contributed by atoms with Crippen LogP contribution in [0, 0.1) is 0 Å². The molecular weight excluding hydrogens is 294 g/mol. The molecule has 0 aliphatic rings. The van der Waals surface area contributed by atoms with E-state index in [1.165, 1.54) is 11.3 Å². The van der Waals surface area contributed by atoms with Crippen LogP contribution < -0.4 is 10.1 Å². The first-order valence-corrected chi connectivity index (χ1v) is 7.84. The van der Waals surface area contributed by atoms with Crippen molar-refractivity contribution in [1.82, 2.24) is 10.2 Å². The lowest BCUT2D eigenvalue weighted by Crippen LogP contribution is -1.91. The monoisotopic (exact) mass is 309 g/mol. The van der Waals surface area contributed by atoms with Crippen molar-refractivity contribution in [2.45, 2.75) is 17.7 Å². The number of ketones is 1. The van der Waals surface area contributed by atoms with E-state index in [0.717, 1.165) is 26.7 Å². The van der Waals surface area contributed by atoms with Gasteiger partial charge in [-0.1, -0.05) is 29.2 Å². The number of rotatable bonds is 7. The highest BCUT2D eigenvalue weighted by molar-refractivity contribution is 8.01. The SMILES string of the molecule is COc1cccc(Nc2nnc(SCCC(C)=O)s2)c1. The number of carbonyl (C=O) groups is 1. The molecule has 0 spiro atoms. The summed E-state index contributed by atoms with van der Waals surface area (Å²) in [6.07, 6.45) is 0.558. The minimum Gasteiger partial charge on any atom is -0.497 e. The van der Waals surface area contributed by atoms with Gasteiger partial charge in [0, 0.05) is 23.9 Å². The summed E-state index contributed by atoms with van der Waals surface area (Å²) in [5.74, 6) is 1.72. The Balaban J connectivity index is 1.93. The van der Waals surface area contributed by atoms with Crippen molar-refractivity contribution in [2.75, 3.05) is 18.2 Å². The number of hydrogen-bond acceptors (Lipinski definition) is 7. The van der Waals surface area contributed by atoms with E-state index in [-0.39, 0.29) is 5.78 Å². The van der Waals surface area contributed by atoms with Gasteiger partial charge < -0.3 is 10.1 Å². The van der Waals surface area contributed by atoms with Crippen LogP contribution in [0.3, 0.4) is 0 Å². The van der Waals surface area contributed by atoms with Gasteiger partial charge in [0.25, 0.3) is 0 Å². The van der Waals surface area contributed by atoms with Crippen LogP contribution in [-0.4, -0.2) is 28.8 Å². The lowest BCUT2D eigenvalue weighted by Gasteiger charge is -2.04. The number of ether oxygens (including phenoxy) is 1. The highest BCUT2D eigenvalue weighted by Gasteiger charge is 2.06. The molecule has 0 saturated carbocycles. The Hall–Kier alpha value is -1.60. The molecule has 0 aliphatic heterocycles. The molecule has 1 heterocycles. The van der Waals surface area contributed by atoms with Crippen LogP contribution in [0.25, 0.3) is 0 Å². The zero-order valence-electron chi connectivity index (χ0n) is 11.3. The number of benzene rings is 1. The molecule has 0 aliphatic carbocycles. The van der Waals surface area contributed by atoms with E-state index >= 15 is 0 Å². The summed E-state index contributed by atoms with van der Waals surface area (Å²) in [6.45, 7) is 1.59. The highest BCUT2D eigenvalue weighted by atomic mass is 32.2. The molecule has 7 heteroatoms. The van der Waals surface area contributed by atoms with Crippen molar-refractivity contribution in [3.63, 3.8) is 0 Å². The molecule has 0 amide bonds. The largest absolute Gasteiger partial charge is 0.497 e.